The molecule has 1 unspecified atom stereocenters. The molecule has 4 nitrogen and oxygen atoms in total. The van der Waals surface area contributed by atoms with Gasteiger partial charge in [-0.25, -0.2) is 0 Å². The second-order valence-corrected chi connectivity index (χ2v) is 6.01. The average molecular weight is 411 g/mol. The van der Waals surface area contributed by atoms with Crippen molar-refractivity contribution >= 4 is 34.6 Å². The van der Waals surface area contributed by atoms with E-state index in [-0.39, 0.29) is 11.9 Å². The summed E-state index contributed by atoms with van der Waals surface area (Å²) in [6.07, 6.45) is 3.12. The molecule has 0 aliphatic heterocycles. The van der Waals surface area contributed by atoms with Crippen molar-refractivity contribution in [3.05, 3.63) is 57.1 Å². The number of carbonyl (C=O) groups is 1. The van der Waals surface area contributed by atoms with Gasteiger partial charge in [0.25, 0.3) is 0 Å². The lowest BCUT2D eigenvalue weighted by atomic mass is 10.0. The summed E-state index contributed by atoms with van der Waals surface area (Å²) in [5, 5.41) is 2.93. The Morgan fingerprint density at radius 1 is 1.36 bits per heavy atom. The lowest BCUT2D eigenvalue weighted by molar-refractivity contribution is -0.117. The molecule has 0 fully saturated rings. The van der Waals surface area contributed by atoms with Crippen molar-refractivity contribution in [1.82, 2.24) is 5.32 Å². The maximum atomic E-state index is 12.0. The number of hydrogen-bond acceptors (Lipinski definition) is 3. The molecule has 0 spiro atoms. The Hall–Kier alpha value is -1.76. The molecule has 0 aliphatic rings. The first kappa shape index (κ1) is 16.6. The molecule has 0 radical (unpaired) electrons. The maximum Gasteiger partial charge on any atom is 0.244 e. The molecule has 1 aromatic carbocycles. The van der Waals surface area contributed by atoms with Gasteiger partial charge in [0.2, 0.25) is 5.91 Å². The van der Waals surface area contributed by atoms with Crippen LogP contribution in [0.25, 0.3) is 6.08 Å². The first-order valence-electron chi connectivity index (χ1n) is 6.88. The molecular weight excluding hydrogens is 393 g/mol. The van der Waals surface area contributed by atoms with Crippen molar-refractivity contribution < 1.29 is 13.9 Å². The zero-order valence-electron chi connectivity index (χ0n) is 12.7. The fraction of sp³-hybridized carbons (Fsp3) is 0.235. The fourth-order valence-electron chi connectivity index (χ4n) is 2.11. The SMILES string of the molecule is COc1ccc(C)cc1C(C)NC(=O)/C=C/c1ccc(I)o1. The Kier molecular flexibility index (Phi) is 5.65. The van der Waals surface area contributed by atoms with Crippen LogP contribution in [0.1, 0.15) is 29.9 Å². The Balaban J connectivity index is 2.05. The molecule has 116 valence electrons. The number of carbonyl (C=O) groups excluding carboxylic acids is 1. The molecule has 5 heteroatoms. The lowest BCUT2D eigenvalue weighted by Crippen LogP contribution is -2.25. The van der Waals surface area contributed by atoms with Gasteiger partial charge in [0.15, 0.2) is 3.77 Å². The van der Waals surface area contributed by atoms with Crippen molar-refractivity contribution in [1.29, 1.82) is 0 Å². The number of halogens is 1. The van der Waals surface area contributed by atoms with Crippen molar-refractivity contribution in [2.45, 2.75) is 19.9 Å². The normalized spacial score (nSPS) is 12.4. The van der Waals surface area contributed by atoms with E-state index in [1.165, 1.54) is 6.08 Å². The smallest absolute Gasteiger partial charge is 0.244 e. The summed E-state index contributed by atoms with van der Waals surface area (Å²) >= 11 is 2.08. The van der Waals surface area contributed by atoms with Crippen LogP contribution in [0.5, 0.6) is 5.75 Å². The van der Waals surface area contributed by atoms with E-state index in [9.17, 15) is 4.79 Å². The number of furan rings is 1. The van der Waals surface area contributed by atoms with Crippen LogP contribution in [0, 0.1) is 10.7 Å². The molecule has 0 aliphatic carbocycles. The standard InChI is InChI=1S/C17H18INO3/c1-11-4-7-15(21-3)14(10-11)12(2)19-17(20)9-6-13-5-8-16(18)22-13/h4-10,12H,1-3H3,(H,19,20)/b9-6+. The van der Waals surface area contributed by atoms with Gasteiger partial charge in [0, 0.05) is 11.6 Å². The molecule has 0 bridgehead atoms. The van der Waals surface area contributed by atoms with E-state index < -0.39 is 0 Å². The van der Waals surface area contributed by atoms with Crippen molar-refractivity contribution in [3.8, 4) is 5.75 Å². The van der Waals surface area contributed by atoms with Crippen LogP contribution in [-0.4, -0.2) is 13.0 Å². The number of aryl methyl sites for hydroxylation is 1. The van der Waals surface area contributed by atoms with Gasteiger partial charge in [-0.2, -0.15) is 0 Å². The van der Waals surface area contributed by atoms with Gasteiger partial charge in [0.1, 0.15) is 11.5 Å². The largest absolute Gasteiger partial charge is 0.496 e. The number of rotatable bonds is 5. The Morgan fingerprint density at radius 2 is 2.14 bits per heavy atom. The van der Waals surface area contributed by atoms with Crippen LogP contribution in [0.3, 0.4) is 0 Å². The maximum absolute atomic E-state index is 12.0. The molecule has 2 rings (SSSR count). The molecule has 2 aromatic rings. The predicted molar refractivity (Wildman–Crippen MR) is 94.7 cm³/mol. The van der Waals surface area contributed by atoms with E-state index in [0.29, 0.717) is 5.76 Å². The Bertz CT molecular complexity index is 691. The number of benzene rings is 1. The van der Waals surface area contributed by atoms with Crippen molar-refractivity contribution in [2.75, 3.05) is 7.11 Å². The topological polar surface area (TPSA) is 51.5 Å². The van der Waals surface area contributed by atoms with Crippen LogP contribution in [-0.2, 0) is 4.79 Å². The summed E-state index contributed by atoms with van der Waals surface area (Å²) in [7, 11) is 1.63. The molecule has 1 heterocycles. The predicted octanol–water partition coefficient (Wildman–Crippen LogP) is 4.09. The molecule has 0 saturated heterocycles. The third-order valence-electron chi connectivity index (χ3n) is 3.20. The summed E-state index contributed by atoms with van der Waals surface area (Å²) in [4.78, 5) is 12.0. The minimum atomic E-state index is -0.178. The zero-order valence-corrected chi connectivity index (χ0v) is 14.9. The monoisotopic (exact) mass is 411 g/mol. The summed E-state index contributed by atoms with van der Waals surface area (Å²) in [6.45, 7) is 3.94. The van der Waals surface area contributed by atoms with Crippen LogP contribution in [0.4, 0.5) is 0 Å². The summed E-state index contributed by atoms with van der Waals surface area (Å²) in [5.41, 5.74) is 2.08. The first-order chi connectivity index (χ1) is 10.5. The third kappa shape index (κ3) is 4.37. The minimum absolute atomic E-state index is 0.149. The van der Waals surface area contributed by atoms with Gasteiger partial charge < -0.3 is 14.5 Å². The lowest BCUT2D eigenvalue weighted by Gasteiger charge is -2.17. The van der Waals surface area contributed by atoms with E-state index in [1.54, 1.807) is 13.2 Å². The highest BCUT2D eigenvalue weighted by molar-refractivity contribution is 14.1. The summed E-state index contributed by atoms with van der Waals surface area (Å²) < 4.78 is 11.5. The van der Waals surface area contributed by atoms with E-state index >= 15 is 0 Å². The van der Waals surface area contributed by atoms with Crippen LogP contribution in [0.15, 0.2) is 40.8 Å². The summed E-state index contributed by atoms with van der Waals surface area (Å²) in [6, 6.07) is 9.42. The highest BCUT2D eigenvalue weighted by atomic mass is 127. The number of methoxy groups -OCH3 is 1. The van der Waals surface area contributed by atoms with Gasteiger partial charge >= 0.3 is 0 Å². The number of hydrogen-bond donors (Lipinski definition) is 1. The van der Waals surface area contributed by atoms with Crippen LogP contribution in [0.2, 0.25) is 0 Å². The molecule has 22 heavy (non-hydrogen) atoms. The van der Waals surface area contributed by atoms with Gasteiger partial charge in [-0.1, -0.05) is 17.7 Å². The van der Waals surface area contributed by atoms with E-state index in [1.807, 2.05) is 44.2 Å². The average Bonchev–Trinajstić information content (AvgIpc) is 2.90. The third-order valence-corrected chi connectivity index (χ3v) is 3.78. The van der Waals surface area contributed by atoms with Gasteiger partial charge in [-0.3, -0.25) is 4.79 Å². The highest BCUT2D eigenvalue weighted by Crippen LogP contribution is 2.26. The second-order valence-electron chi connectivity index (χ2n) is 4.95. The molecule has 1 aromatic heterocycles. The first-order valence-corrected chi connectivity index (χ1v) is 7.96. The van der Waals surface area contributed by atoms with E-state index in [4.69, 9.17) is 9.15 Å². The Morgan fingerprint density at radius 3 is 2.77 bits per heavy atom. The number of nitrogens with one attached hydrogen (secondary N) is 1. The molecule has 0 saturated carbocycles. The van der Waals surface area contributed by atoms with Crippen molar-refractivity contribution in [2.24, 2.45) is 0 Å². The fourth-order valence-corrected chi connectivity index (χ4v) is 2.54. The van der Waals surface area contributed by atoms with Crippen molar-refractivity contribution in [3.63, 3.8) is 0 Å². The van der Waals surface area contributed by atoms with Crippen LogP contribution < -0.4 is 10.1 Å². The molecule has 1 amide bonds. The number of ether oxygens (including phenoxy) is 1. The highest BCUT2D eigenvalue weighted by Gasteiger charge is 2.13. The molecule has 1 atom stereocenters. The molecule has 1 N–H and O–H groups in total. The van der Waals surface area contributed by atoms with Gasteiger partial charge in [0.05, 0.1) is 13.2 Å². The molecular formula is C17H18INO3. The van der Waals surface area contributed by atoms with Gasteiger partial charge in [-0.05, 0) is 60.7 Å². The van der Waals surface area contributed by atoms with Crippen LogP contribution >= 0.6 is 22.6 Å². The quantitative estimate of drug-likeness (QED) is 0.596. The Labute approximate surface area is 143 Å². The minimum Gasteiger partial charge on any atom is -0.496 e. The second kappa shape index (κ2) is 7.49. The zero-order chi connectivity index (χ0) is 16.1. The van der Waals surface area contributed by atoms with E-state index in [0.717, 1.165) is 20.6 Å². The van der Waals surface area contributed by atoms with E-state index in [2.05, 4.69) is 27.9 Å². The number of amides is 1. The van der Waals surface area contributed by atoms with Gasteiger partial charge in [-0.15, -0.1) is 0 Å². The summed E-state index contributed by atoms with van der Waals surface area (Å²) in [5.74, 6) is 1.24.